The van der Waals surface area contributed by atoms with E-state index in [4.69, 9.17) is 4.74 Å². The number of hydrogen-bond donors (Lipinski definition) is 2. The van der Waals surface area contributed by atoms with E-state index in [0.29, 0.717) is 17.9 Å². The number of anilines is 1. The lowest BCUT2D eigenvalue weighted by atomic mass is 9.92. The van der Waals surface area contributed by atoms with Crippen LogP contribution in [0.5, 0.6) is 0 Å². The van der Waals surface area contributed by atoms with E-state index in [2.05, 4.69) is 10.6 Å². The van der Waals surface area contributed by atoms with Gasteiger partial charge in [-0.15, -0.1) is 12.4 Å². The molecule has 3 rings (SSSR count). The van der Waals surface area contributed by atoms with Gasteiger partial charge in [-0.25, -0.2) is 4.79 Å². The van der Waals surface area contributed by atoms with Crippen LogP contribution in [-0.4, -0.2) is 31.6 Å². The highest BCUT2D eigenvalue weighted by molar-refractivity contribution is 5.97. The second-order valence-corrected chi connectivity index (χ2v) is 6.16. The minimum atomic E-state index is -0.361. The van der Waals surface area contributed by atoms with Gasteiger partial charge in [0.05, 0.1) is 12.2 Å². The van der Waals surface area contributed by atoms with Crippen LogP contribution in [0.15, 0.2) is 24.3 Å². The topological polar surface area (TPSA) is 67.4 Å². The molecule has 1 saturated heterocycles. The van der Waals surface area contributed by atoms with Crippen molar-refractivity contribution >= 4 is 30.0 Å². The van der Waals surface area contributed by atoms with Crippen LogP contribution >= 0.6 is 12.4 Å². The molecule has 1 spiro atoms. The van der Waals surface area contributed by atoms with E-state index in [1.165, 1.54) is 0 Å². The third-order valence-electron chi connectivity index (χ3n) is 4.75. The third kappa shape index (κ3) is 3.85. The maximum Gasteiger partial charge on any atom is 0.338 e. The Bertz CT molecular complexity index is 585. The normalized spacial score (nSPS) is 21.2. The van der Waals surface area contributed by atoms with Crippen LogP contribution < -0.4 is 10.6 Å². The molecule has 1 aromatic carbocycles. The number of ether oxygens (including phenoxy) is 1. The van der Waals surface area contributed by atoms with E-state index >= 15 is 0 Å². The summed E-state index contributed by atoms with van der Waals surface area (Å²) in [6, 6.07) is 6.93. The van der Waals surface area contributed by atoms with Crippen molar-refractivity contribution in [2.75, 3.05) is 25.0 Å². The highest BCUT2D eigenvalue weighted by Gasteiger charge is 2.57. The highest BCUT2D eigenvalue weighted by Crippen LogP contribution is 2.58. The monoisotopic (exact) mass is 338 g/mol. The Hall–Kier alpha value is -1.59. The Morgan fingerprint density at radius 2 is 2.09 bits per heavy atom. The summed E-state index contributed by atoms with van der Waals surface area (Å²) in [5.74, 6) is -0.177. The van der Waals surface area contributed by atoms with Crippen molar-refractivity contribution in [1.82, 2.24) is 5.32 Å². The number of nitrogens with one attached hydrogen (secondary N) is 2. The molecular formula is C17H23ClN2O3. The first kappa shape index (κ1) is 17.8. The van der Waals surface area contributed by atoms with Gasteiger partial charge in [-0.05, 0) is 62.9 Å². The van der Waals surface area contributed by atoms with Crippen molar-refractivity contribution in [3.63, 3.8) is 0 Å². The van der Waals surface area contributed by atoms with E-state index in [-0.39, 0.29) is 35.6 Å². The molecule has 6 heteroatoms. The molecule has 1 unspecified atom stereocenters. The standard InChI is InChI=1S/C17H22N2O3.ClH/c1-2-22-16(21)12-4-3-5-13(10-12)19-15(20)14-11-17(14)6-8-18-9-7-17;/h3-5,10,14,18H,2,6-9,11H2,1H3,(H,19,20);1H. The number of amides is 1. The maximum atomic E-state index is 12.4. The predicted molar refractivity (Wildman–Crippen MR) is 90.9 cm³/mol. The van der Waals surface area contributed by atoms with Gasteiger partial charge in [0.15, 0.2) is 0 Å². The first-order valence-corrected chi connectivity index (χ1v) is 7.93. The van der Waals surface area contributed by atoms with Gasteiger partial charge in [-0.3, -0.25) is 4.79 Å². The van der Waals surface area contributed by atoms with Crippen molar-refractivity contribution in [2.24, 2.45) is 11.3 Å². The van der Waals surface area contributed by atoms with Gasteiger partial charge >= 0.3 is 5.97 Å². The zero-order chi connectivity index (χ0) is 15.6. The van der Waals surface area contributed by atoms with Gasteiger partial charge in [-0.1, -0.05) is 6.07 Å². The Kier molecular flexibility index (Phi) is 5.65. The zero-order valence-electron chi connectivity index (χ0n) is 13.3. The largest absolute Gasteiger partial charge is 0.462 e. The van der Waals surface area contributed by atoms with Crippen molar-refractivity contribution in [2.45, 2.75) is 26.2 Å². The lowest BCUT2D eigenvalue weighted by molar-refractivity contribution is -0.118. The molecule has 1 aliphatic heterocycles. The van der Waals surface area contributed by atoms with E-state index in [9.17, 15) is 9.59 Å². The quantitative estimate of drug-likeness (QED) is 0.828. The minimum Gasteiger partial charge on any atom is -0.462 e. The second-order valence-electron chi connectivity index (χ2n) is 6.16. The maximum absolute atomic E-state index is 12.4. The number of hydrogen-bond acceptors (Lipinski definition) is 4. The summed E-state index contributed by atoms with van der Waals surface area (Å²) in [4.78, 5) is 24.1. The Labute approximate surface area is 142 Å². The smallest absolute Gasteiger partial charge is 0.338 e. The van der Waals surface area contributed by atoms with Crippen LogP contribution in [0.25, 0.3) is 0 Å². The molecule has 1 atom stereocenters. The van der Waals surface area contributed by atoms with Gasteiger partial charge in [0, 0.05) is 11.6 Å². The molecular weight excluding hydrogens is 316 g/mol. The van der Waals surface area contributed by atoms with Gasteiger partial charge in [0.2, 0.25) is 5.91 Å². The fraction of sp³-hybridized carbons (Fsp3) is 0.529. The fourth-order valence-corrected chi connectivity index (χ4v) is 3.36. The number of piperidine rings is 1. The Balaban J connectivity index is 0.00000192. The number of carbonyl (C=O) groups excluding carboxylic acids is 2. The molecule has 1 amide bonds. The third-order valence-corrected chi connectivity index (χ3v) is 4.75. The van der Waals surface area contributed by atoms with E-state index in [1.807, 2.05) is 0 Å². The van der Waals surface area contributed by atoms with Gasteiger partial charge in [0.25, 0.3) is 0 Å². The molecule has 5 nitrogen and oxygen atoms in total. The van der Waals surface area contributed by atoms with Crippen LogP contribution in [0.3, 0.4) is 0 Å². The number of esters is 1. The Morgan fingerprint density at radius 3 is 2.78 bits per heavy atom. The lowest BCUT2D eigenvalue weighted by Crippen LogP contribution is -2.31. The van der Waals surface area contributed by atoms with Crippen LogP contribution in [-0.2, 0) is 9.53 Å². The SMILES string of the molecule is CCOC(=O)c1cccc(NC(=O)C2CC23CCNCC3)c1.Cl. The van der Waals surface area contributed by atoms with Crippen molar-refractivity contribution in [3.8, 4) is 0 Å². The molecule has 126 valence electrons. The van der Waals surface area contributed by atoms with Crippen molar-refractivity contribution in [3.05, 3.63) is 29.8 Å². The molecule has 1 aliphatic carbocycles. The molecule has 2 aliphatic rings. The predicted octanol–water partition coefficient (Wildman–Crippen LogP) is 2.61. The number of rotatable bonds is 4. The van der Waals surface area contributed by atoms with Gasteiger partial charge in [0.1, 0.15) is 0 Å². The molecule has 2 N–H and O–H groups in total. The molecule has 0 bridgehead atoms. The van der Waals surface area contributed by atoms with E-state index < -0.39 is 0 Å². The summed E-state index contributed by atoms with van der Waals surface area (Å²) in [6.07, 6.45) is 3.14. The highest BCUT2D eigenvalue weighted by atomic mass is 35.5. The molecule has 1 aromatic rings. The van der Waals surface area contributed by atoms with Gasteiger partial charge < -0.3 is 15.4 Å². The summed E-state index contributed by atoms with van der Waals surface area (Å²) in [7, 11) is 0. The Morgan fingerprint density at radius 1 is 1.35 bits per heavy atom. The zero-order valence-corrected chi connectivity index (χ0v) is 14.1. The minimum absolute atomic E-state index is 0. The lowest BCUT2D eigenvalue weighted by Gasteiger charge is -2.23. The van der Waals surface area contributed by atoms with Crippen molar-refractivity contribution < 1.29 is 14.3 Å². The first-order chi connectivity index (χ1) is 10.6. The summed E-state index contributed by atoms with van der Waals surface area (Å²) in [5.41, 5.74) is 1.34. The molecule has 0 aromatic heterocycles. The van der Waals surface area contributed by atoms with Crippen LogP contribution in [0.4, 0.5) is 5.69 Å². The van der Waals surface area contributed by atoms with Crippen LogP contribution in [0, 0.1) is 11.3 Å². The number of halogens is 1. The van der Waals surface area contributed by atoms with Crippen LogP contribution in [0.1, 0.15) is 36.5 Å². The molecule has 2 fully saturated rings. The molecule has 1 heterocycles. The average Bonchev–Trinajstić information content (AvgIpc) is 3.22. The summed E-state index contributed by atoms with van der Waals surface area (Å²) in [6.45, 7) is 4.12. The van der Waals surface area contributed by atoms with Crippen LogP contribution in [0.2, 0.25) is 0 Å². The number of benzene rings is 1. The van der Waals surface area contributed by atoms with E-state index in [0.717, 1.165) is 32.4 Å². The molecule has 0 radical (unpaired) electrons. The molecule has 23 heavy (non-hydrogen) atoms. The average molecular weight is 339 g/mol. The van der Waals surface area contributed by atoms with Gasteiger partial charge in [-0.2, -0.15) is 0 Å². The van der Waals surface area contributed by atoms with E-state index in [1.54, 1.807) is 31.2 Å². The second kappa shape index (κ2) is 7.32. The summed E-state index contributed by atoms with van der Waals surface area (Å²) < 4.78 is 4.98. The first-order valence-electron chi connectivity index (χ1n) is 7.93. The van der Waals surface area contributed by atoms with Crippen molar-refractivity contribution in [1.29, 1.82) is 0 Å². The summed E-state index contributed by atoms with van der Waals surface area (Å²) in [5, 5.41) is 6.28. The molecule has 1 saturated carbocycles. The number of carbonyl (C=O) groups is 2. The fourth-order valence-electron chi connectivity index (χ4n) is 3.36. The summed E-state index contributed by atoms with van der Waals surface area (Å²) >= 11 is 0.